The highest BCUT2D eigenvalue weighted by Gasteiger charge is 2.41. The number of hydrogen-bond donors (Lipinski definition) is 1. The van der Waals surface area contributed by atoms with Gasteiger partial charge in [-0.1, -0.05) is 17.7 Å². The molecule has 2 amide bonds. The molecular formula is C22H23ClF4N4O3. The maximum Gasteiger partial charge on any atom is 0.433 e. The van der Waals surface area contributed by atoms with Gasteiger partial charge in [0.2, 0.25) is 5.91 Å². The smallest absolute Gasteiger partial charge is 0.433 e. The van der Waals surface area contributed by atoms with Crippen LogP contribution in [-0.4, -0.2) is 51.2 Å². The average molecular weight is 503 g/mol. The van der Waals surface area contributed by atoms with Gasteiger partial charge in [0.05, 0.1) is 23.8 Å². The quantitative estimate of drug-likeness (QED) is 0.608. The van der Waals surface area contributed by atoms with Crippen LogP contribution in [0, 0.1) is 0 Å². The fourth-order valence-electron chi connectivity index (χ4n) is 3.37. The second-order valence-electron chi connectivity index (χ2n) is 8.78. The van der Waals surface area contributed by atoms with Crippen LogP contribution in [-0.2, 0) is 22.3 Å². The molecule has 184 valence electrons. The second kappa shape index (κ2) is 9.73. The zero-order valence-corrected chi connectivity index (χ0v) is 19.4. The topological polar surface area (TPSA) is 84.4 Å². The zero-order valence-electron chi connectivity index (χ0n) is 18.6. The minimum absolute atomic E-state index is 0.0767. The van der Waals surface area contributed by atoms with Crippen molar-refractivity contribution in [3.8, 4) is 11.1 Å². The number of aromatic nitrogens is 2. The number of carbonyl (C=O) groups is 2. The summed E-state index contributed by atoms with van der Waals surface area (Å²) in [7, 11) is 0. The van der Waals surface area contributed by atoms with Crippen molar-refractivity contribution >= 4 is 23.6 Å². The van der Waals surface area contributed by atoms with Gasteiger partial charge in [-0.05, 0) is 32.9 Å². The van der Waals surface area contributed by atoms with Crippen molar-refractivity contribution in [2.24, 2.45) is 0 Å². The predicted molar refractivity (Wildman–Crippen MR) is 116 cm³/mol. The number of hydrogen-bond acceptors (Lipinski definition) is 5. The summed E-state index contributed by atoms with van der Waals surface area (Å²) in [4.78, 5) is 33.7. The molecule has 0 aliphatic carbocycles. The molecule has 0 aromatic carbocycles. The molecule has 0 radical (unpaired) electrons. The lowest BCUT2D eigenvalue weighted by Gasteiger charge is -2.27. The first-order chi connectivity index (χ1) is 15.7. The zero-order chi connectivity index (χ0) is 25.3. The third kappa shape index (κ3) is 6.34. The van der Waals surface area contributed by atoms with E-state index in [4.69, 9.17) is 16.3 Å². The van der Waals surface area contributed by atoms with E-state index < -0.39 is 41.7 Å². The summed E-state index contributed by atoms with van der Waals surface area (Å²) in [6, 6.07) is 2.53. The number of alkyl halides is 4. The monoisotopic (exact) mass is 502 g/mol. The number of rotatable bonds is 4. The van der Waals surface area contributed by atoms with Crippen LogP contribution in [0.1, 0.15) is 38.6 Å². The Morgan fingerprint density at radius 1 is 1.21 bits per heavy atom. The molecule has 34 heavy (non-hydrogen) atoms. The highest BCUT2D eigenvalue weighted by Crippen LogP contribution is 2.31. The lowest BCUT2D eigenvalue weighted by Crippen LogP contribution is -2.47. The summed E-state index contributed by atoms with van der Waals surface area (Å²) in [5.41, 5.74) is -0.775. The van der Waals surface area contributed by atoms with Crippen LogP contribution in [0.2, 0.25) is 5.02 Å². The number of nitrogens with one attached hydrogen (secondary N) is 1. The van der Waals surface area contributed by atoms with Crippen LogP contribution in [0.3, 0.4) is 0 Å². The van der Waals surface area contributed by atoms with E-state index in [0.29, 0.717) is 16.8 Å². The molecule has 1 N–H and O–H groups in total. The Labute approximate surface area is 198 Å². The van der Waals surface area contributed by atoms with Gasteiger partial charge in [0.25, 0.3) is 0 Å². The lowest BCUT2D eigenvalue weighted by molar-refractivity contribution is -0.141. The fraction of sp³-hybridized carbons (Fsp3) is 0.455. The Balaban J connectivity index is 1.70. The fourth-order valence-corrected chi connectivity index (χ4v) is 3.58. The van der Waals surface area contributed by atoms with Gasteiger partial charge in [0.15, 0.2) is 0 Å². The van der Waals surface area contributed by atoms with E-state index in [0.717, 1.165) is 17.2 Å². The van der Waals surface area contributed by atoms with Gasteiger partial charge in [0.1, 0.15) is 23.5 Å². The van der Waals surface area contributed by atoms with Crippen molar-refractivity contribution in [2.75, 3.05) is 6.54 Å². The summed E-state index contributed by atoms with van der Waals surface area (Å²) in [6.45, 7) is 4.67. The Morgan fingerprint density at radius 3 is 2.50 bits per heavy atom. The predicted octanol–water partition coefficient (Wildman–Crippen LogP) is 4.78. The summed E-state index contributed by atoms with van der Waals surface area (Å²) < 4.78 is 57.5. The largest absolute Gasteiger partial charge is 0.444 e. The third-order valence-electron chi connectivity index (χ3n) is 4.90. The van der Waals surface area contributed by atoms with Gasteiger partial charge in [-0.15, -0.1) is 0 Å². The Kier molecular flexibility index (Phi) is 7.35. The van der Waals surface area contributed by atoms with Crippen molar-refractivity contribution < 1.29 is 31.9 Å². The van der Waals surface area contributed by atoms with Crippen molar-refractivity contribution in [1.82, 2.24) is 20.2 Å². The van der Waals surface area contributed by atoms with E-state index in [2.05, 4.69) is 15.3 Å². The maximum absolute atomic E-state index is 14.0. The number of halogens is 5. The van der Waals surface area contributed by atoms with Crippen LogP contribution in [0.15, 0.2) is 30.6 Å². The number of carbonyl (C=O) groups excluding carboxylic acids is 2. The van der Waals surface area contributed by atoms with E-state index in [-0.39, 0.29) is 24.5 Å². The van der Waals surface area contributed by atoms with Gasteiger partial charge >= 0.3 is 12.3 Å². The molecule has 2 aromatic rings. The second-order valence-corrected chi connectivity index (χ2v) is 9.19. The molecule has 3 rings (SSSR count). The van der Waals surface area contributed by atoms with Crippen LogP contribution in [0.4, 0.5) is 22.4 Å². The molecule has 1 saturated heterocycles. The highest BCUT2D eigenvalue weighted by atomic mass is 35.5. The molecule has 0 unspecified atom stereocenters. The standard InChI is InChI=1S/C22H23ClF4N4O3/c1-21(2,3)34-20(33)31-11-13(24)6-17(31)19(32)30-9-14-7-15(16(23)10-28-14)12-4-5-18(29-8-12)22(25,26)27/h4-5,7-8,10,13,17H,6,9,11H2,1-3H3,(H,30,32)/t13-,17+/m1/s1. The molecule has 2 atom stereocenters. The summed E-state index contributed by atoms with van der Waals surface area (Å²) in [6.07, 6.45) is -4.53. The highest BCUT2D eigenvalue weighted by molar-refractivity contribution is 6.33. The third-order valence-corrected chi connectivity index (χ3v) is 5.20. The maximum atomic E-state index is 14.0. The minimum atomic E-state index is -4.57. The molecule has 3 heterocycles. The molecule has 0 bridgehead atoms. The lowest BCUT2D eigenvalue weighted by atomic mass is 10.1. The molecule has 1 fully saturated rings. The SMILES string of the molecule is CC(C)(C)OC(=O)N1C[C@H](F)C[C@H]1C(=O)NCc1cc(-c2ccc(C(F)(F)F)nc2)c(Cl)cn1. The van der Waals surface area contributed by atoms with Gasteiger partial charge in [-0.3, -0.25) is 19.7 Å². The van der Waals surface area contributed by atoms with Gasteiger partial charge in [-0.25, -0.2) is 9.18 Å². The molecule has 12 heteroatoms. The first kappa shape index (κ1) is 25.7. The van der Waals surface area contributed by atoms with E-state index in [1.807, 2.05) is 0 Å². The van der Waals surface area contributed by atoms with Crippen LogP contribution >= 0.6 is 11.6 Å². The molecule has 1 aliphatic heterocycles. The average Bonchev–Trinajstić information content (AvgIpc) is 3.13. The van der Waals surface area contributed by atoms with Gasteiger partial charge in [0, 0.05) is 29.9 Å². The van der Waals surface area contributed by atoms with E-state index >= 15 is 0 Å². The van der Waals surface area contributed by atoms with E-state index in [1.54, 1.807) is 20.8 Å². The van der Waals surface area contributed by atoms with Crippen LogP contribution in [0.5, 0.6) is 0 Å². The van der Waals surface area contributed by atoms with Crippen molar-refractivity contribution in [3.05, 3.63) is 47.0 Å². The Morgan fingerprint density at radius 2 is 1.91 bits per heavy atom. The summed E-state index contributed by atoms with van der Waals surface area (Å²) >= 11 is 6.15. The van der Waals surface area contributed by atoms with Crippen LogP contribution in [0.25, 0.3) is 11.1 Å². The summed E-state index contributed by atoms with van der Waals surface area (Å²) in [5.74, 6) is -0.583. The van der Waals surface area contributed by atoms with Crippen molar-refractivity contribution in [1.29, 1.82) is 0 Å². The number of nitrogens with zero attached hydrogens (tertiary/aromatic N) is 3. The van der Waals surface area contributed by atoms with Gasteiger partial charge in [-0.2, -0.15) is 13.2 Å². The number of amides is 2. The first-order valence-corrected chi connectivity index (χ1v) is 10.7. The minimum Gasteiger partial charge on any atom is -0.444 e. The Hall–Kier alpha value is -2.95. The van der Waals surface area contributed by atoms with Gasteiger partial charge < -0.3 is 10.1 Å². The molecule has 0 spiro atoms. The van der Waals surface area contributed by atoms with E-state index in [9.17, 15) is 27.2 Å². The number of ether oxygens (including phenoxy) is 1. The number of pyridine rings is 2. The molecule has 2 aromatic heterocycles. The Bertz CT molecular complexity index is 1060. The molecule has 0 saturated carbocycles. The normalized spacial score (nSPS) is 18.6. The molecular weight excluding hydrogens is 480 g/mol. The van der Waals surface area contributed by atoms with Crippen molar-refractivity contribution in [3.63, 3.8) is 0 Å². The number of likely N-dealkylation sites (tertiary alicyclic amines) is 1. The first-order valence-electron chi connectivity index (χ1n) is 10.3. The van der Waals surface area contributed by atoms with E-state index in [1.165, 1.54) is 18.3 Å². The van der Waals surface area contributed by atoms with Crippen molar-refractivity contribution in [2.45, 2.75) is 57.7 Å². The molecule has 7 nitrogen and oxygen atoms in total. The summed E-state index contributed by atoms with van der Waals surface area (Å²) in [5, 5.41) is 2.80. The van der Waals surface area contributed by atoms with Crippen LogP contribution < -0.4 is 5.32 Å². The molecule has 1 aliphatic rings.